The number of carbonyl (C=O) groups is 1. The fourth-order valence-corrected chi connectivity index (χ4v) is 4.42. The van der Waals surface area contributed by atoms with Crippen molar-refractivity contribution in [2.45, 2.75) is 18.9 Å². The van der Waals surface area contributed by atoms with E-state index in [1.54, 1.807) is 54.6 Å². The van der Waals surface area contributed by atoms with Crippen molar-refractivity contribution in [3.63, 3.8) is 0 Å². The summed E-state index contributed by atoms with van der Waals surface area (Å²) in [6.07, 6.45) is 0. The van der Waals surface area contributed by atoms with Crippen LogP contribution in [0, 0.1) is 6.92 Å². The Balaban J connectivity index is 1.75. The molecule has 158 valence electrons. The monoisotopic (exact) mass is 458 g/mol. The van der Waals surface area contributed by atoms with Gasteiger partial charge in [0.25, 0.3) is 5.91 Å². The van der Waals surface area contributed by atoms with Crippen LogP contribution in [0.5, 0.6) is 5.75 Å². The minimum Gasteiger partial charge on any atom is -0.434 e. The van der Waals surface area contributed by atoms with Crippen LogP contribution in [0.4, 0.5) is 8.78 Å². The molecule has 4 nitrogen and oxygen atoms in total. The van der Waals surface area contributed by atoms with Crippen LogP contribution in [0.2, 0.25) is 5.02 Å². The number of aryl methyl sites for hydroxylation is 1. The fraction of sp³-hybridized carbons (Fsp3) is 0.130. The molecule has 1 atom stereocenters. The lowest BCUT2D eigenvalue weighted by atomic mass is 10.1. The molecule has 0 fully saturated rings. The number of benzene rings is 3. The van der Waals surface area contributed by atoms with Crippen LogP contribution < -0.4 is 4.74 Å². The Labute approximate surface area is 187 Å². The number of rotatable bonds is 5. The zero-order valence-electron chi connectivity index (χ0n) is 16.3. The van der Waals surface area contributed by atoms with Crippen molar-refractivity contribution in [2.75, 3.05) is 0 Å². The molecule has 0 aliphatic carbocycles. The van der Waals surface area contributed by atoms with Gasteiger partial charge in [-0.05, 0) is 37.3 Å². The Morgan fingerprint density at radius 3 is 2.42 bits per heavy atom. The Hall–Kier alpha value is -2.90. The molecule has 31 heavy (non-hydrogen) atoms. The van der Waals surface area contributed by atoms with E-state index in [2.05, 4.69) is 5.10 Å². The van der Waals surface area contributed by atoms with Gasteiger partial charge in [-0.15, -0.1) is 0 Å². The maximum atomic E-state index is 13.3. The predicted octanol–water partition coefficient (Wildman–Crippen LogP) is 6.50. The van der Waals surface area contributed by atoms with Gasteiger partial charge in [0, 0.05) is 21.7 Å². The van der Waals surface area contributed by atoms with Crippen molar-refractivity contribution in [3.05, 3.63) is 100 Å². The van der Waals surface area contributed by atoms with Gasteiger partial charge in [0.1, 0.15) is 16.2 Å². The first-order chi connectivity index (χ1) is 14.9. The first-order valence-electron chi connectivity index (χ1n) is 9.37. The van der Waals surface area contributed by atoms with Crippen molar-refractivity contribution in [1.82, 2.24) is 5.01 Å². The van der Waals surface area contributed by atoms with E-state index in [0.717, 1.165) is 11.1 Å². The molecule has 4 rings (SSSR count). The third kappa shape index (κ3) is 4.73. The number of amides is 1. The second kappa shape index (κ2) is 9.08. The van der Waals surface area contributed by atoms with Crippen molar-refractivity contribution in [3.8, 4) is 5.75 Å². The highest BCUT2D eigenvalue weighted by Gasteiger charge is 2.36. The molecule has 1 aliphatic heterocycles. The van der Waals surface area contributed by atoms with Crippen LogP contribution >= 0.6 is 23.4 Å². The molecule has 1 heterocycles. The molecule has 0 N–H and O–H groups in total. The molecule has 3 aromatic rings. The number of hydrazone groups is 1. The van der Waals surface area contributed by atoms with Crippen LogP contribution in [-0.4, -0.2) is 22.6 Å². The molecule has 1 aliphatic rings. The highest BCUT2D eigenvalue weighted by atomic mass is 35.5. The fourth-order valence-electron chi connectivity index (χ4n) is 3.11. The lowest BCUT2D eigenvalue weighted by molar-refractivity contribution is -0.0507. The average molecular weight is 459 g/mol. The van der Waals surface area contributed by atoms with E-state index in [4.69, 9.17) is 16.3 Å². The van der Waals surface area contributed by atoms with Gasteiger partial charge in [-0.1, -0.05) is 71.4 Å². The summed E-state index contributed by atoms with van der Waals surface area (Å²) in [5.41, 5.74) is 2.67. The van der Waals surface area contributed by atoms with E-state index in [-0.39, 0.29) is 11.7 Å². The summed E-state index contributed by atoms with van der Waals surface area (Å²) in [4.78, 5) is 13.3. The summed E-state index contributed by atoms with van der Waals surface area (Å²) in [5, 5.41) is 6.34. The minimum atomic E-state index is -2.98. The average Bonchev–Trinajstić information content (AvgIpc) is 3.19. The quantitative estimate of drug-likeness (QED) is 0.438. The third-order valence-corrected chi connectivity index (χ3v) is 6.11. The summed E-state index contributed by atoms with van der Waals surface area (Å²) in [5.74, 6) is -0.336. The molecular weight excluding hydrogens is 442 g/mol. The van der Waals surface area contributed by atoms with Crippen molar-refractivity contribution in [1.29, 1.82) is 0 Å². The first-order valence-corrected chi connectivity index (χ1v) is 10.6. The molecule has 0 saturated carbocycles. The number of hydrogen-bond donors (Lipinski definition) is 0. The van der Waals surface area contributed by atoms with E-state index < -0.39 is 12.0 Å². The normalized spacial score (nSPS) is 15.8. The van der Waals surface area contributed by atoms with Gasteiger partial charge in [-0.25, -0.2) is 5.01 Å². The second-order valence-corrected chi connectivity index (χ2v) is 8.32. The molecule has 0 bridgehead atoms. The van der Waals surface area contributed by atoms with E-state index in [9.17, 15) is 13.6 Å². The van der Waals surface area contributed by atoms with Crippen LogP contribution in [0.25, 0.3) is 0 Å². The number of carbonyl (C=O) groups excluding carboxylic acids is 1. The van der Waals surface area contributed by atoms with Gasteiger partial charge in [0.05, 0.1) is 0 Å². The number of alkyl halides is 2. The van der Waals surface area contributed by atoms with Gasteiger partial charge in [0.2, 0.25) is 0 Å². The zero-order valence-corrected chi connectivity index (χ0v) is 17.9. The Bertz CT molecular complexity index is 1120. The van der Waals surface area contributed by atoms with Gasteiger partial charge >= 0.3 is 6.61 Å². The summed E-state index contributed by atoms with van der Waals surface area (Å²) in [6.45, 7) is -1.05. The molecule has 0 aromatic heterocycles. The highest BCUT2D eigenvalue weighted by Crippen LogP contribution is 2.45. The number of ether oxygens (including phenoxy) is 1. The standard InChI is InChI=1S/C23H17ClF2N2O2S/c1-14-6-8-16(9-7-14)21(29)28-22(18-4-2-3-5-19(18)30-23(25)26)31-20(27-28)15-10-12-17(24)13-11-15/h2-13,22-23H,1H3. The lowest BCUT2D eigenvalue weighted by Crippen LogP contribution is -2.26. The van der Waals surface area contributed by atoms with Gasteiger partial charge < -0.3 is 4.74 Å². The van der Waals surface area contributed by atoms with Crippen molar-refractivity contribution < 1.29 is 18.3 Å². The maximum Gasteiger partial charge on any atom is 0.387 e. The Morgan fingerprint density at radius 1 is 1.06 bits per heavy atom. The molecule has 3 aromatic carbocycles. The third-order valence-electron chi connectivity index (χ3n) is 4.64. The molecule has 0 spiro atoms. The van der Waals surface area contributed by atoms with E-state index >= 15 is 0 Å². The zero-order chi connectivity index (χ0) is 22.0. The number of hydrogen-bond acceptors (Lipinski definition) is 4. The van der Waals surface area contributed by atoms with Crippen LogP contribution in [0.15, 0.2) is 77.9 Å². The van der Waals surface area contributed by atoms with Crippen LogP contribution in [0.1, 0.15) is 32.4 Å². The van der Waals surface area contributed by atoms with Crippen LogP contribution in [-0.2, 0) is 0 Å². The highest BCUT2D eigenvalue weighted by molar-refractivity contribution is 8.14. The van der Waals surface area contributed by atoms with Crippen LogP contribution in [0.3, 0.4) is 0 Å². The van der Waals surface area contributed by atoms with Gasteiger partial charge in [-0.2, -0.15) is 13.9 Å². The van der Waals surface area contributed by atoms with E-state index in [1.165, 1.54) is 22.8 Å². The summed E-state index contributed by atoms with van der Waals surface area (Å²) < 4.78 is 30.7. The Morgan fingerprint density at radius 2 is 1.74 bits per heavy atom. The minimum absolute atomic E-state index is 0.00395. The maximum absolute atomic E-state index is 13.3. The SMILES string of the molecule is Cc1ccc(C(=O)N2N=C(c3ccc(Cl)cc3)SC2c2ccccc2OC(F)F)cc1. The molecule has 1 unspecified atom stereocenters. The van der Waals surface area contributed by atoms with Crippen molar-refractivity contribution >= 4 is 34.3 Å². The number of halogens is 3. The molecule has 1 amide bonds. The van der Waals surface area contributed by atoms with E-state index in [0.29, 0.717) is 21.2 Å². The van der Waals surface area contributed by atoms with Gasteiger partial charge in [-0.3, -0.25) is 4.79 Å². The molecule has 8 heteroatoms. The molecule has 0 radical (unpaired) electrons. The van der Waals surface area contributed by atoms with Crippen molar-refractivity contribution in [2.24, 2.45) is 5.10 Å². The largest absolute Gasteiger partial charge is 0.434 e. The van der Waals surface area contributed by atoms with Gasteiger partial charge in [0.15, 0.2) is 0 Å². The summed E-state index contributed by atoms with van der Waals surface area (Å²) >= 11 is 7.27. The number of thioether (sulfide) groups is 1. The predicted molar refractivity (Wildman–Crippen MR) is 119 cm³/mol. The first kappa shape index (κ1) is 21.3. The smallest absolute Gasteiger partial charge is 0.387 e. The summed E-state index contributed by atoms with van der Waals surface area (Å²) in [6, 6.07) is 20.6. The molecule has 0 saturated heterocycles. The Kier molecular flexibility index (Phi) is 6.25. The number of nitrogens with zero attached hydrogens (tertiary/aromatic N) is 2. The van der Waals surface area contributed by atoms with E-state index in [1.807, 2.05) is 19.1 Å². The second-order valence-electron chi connectivity index (χ2n) is 6.81. The number of para-hydroxylation sites is 1. The lowest BCUT2D eigenvalue weighted by Gasteiger charge is -2.23. The molecular formula is C23H17ClF2N2O2S. The topological polar surface area (TPSA) is 41.9 Å². The summed E-state index contributed by atoms with van der Waals surface area (Å²) in [7, 11) is 0.